The van der Waals surface area contributed by atoms with Crippen LogP contribution in [0.2, 0.25) is 0 Å². The first-order valence-electron chi connectivity index (χ1n) is 8.96. The highest BCUT2D eigenvalue weighted by molar-refractivity contribution is 5.85. The second-order valence-electron chi connectivity index (χ2n) is 6.33. The number of benzene rings is 2. The fourth-order valence-corrected chi connectivity index (χ4v) is 2.67. The summed E-state index contributed by atoms with van der Waals surface area (Å²) in [4.78, 5) is 26.0. The Kier molecular flexibility index (Phi) is 7.97. The zero-order valence-electron chi connectivity index (χ0n) is 17.1. The molecule has 7 nitrogen and oxygen atoms in total. The zero-order valence-corrected chi connectivity index (χ0v) is 17.1. The van der Waals surface area contributed by atoms with Gasteiger partial charge in [0, 0.05) is 18.7 Å². The molecule has 0 heterocycles. The van der Waals surface area contributed by atoms with Gasteiger partial charge in [0.25, 0.3) is 5.91 Å². The van der Waals surface area contributed by atoms with Crippen LogP contribution < -0.4 is 14.2 Å². The van der Waals surface area contributed by atoms with E-state index in [9.17, 15) is 18.4 Å². The molecule has 0 aliphatic rings. The van der Waals surface area contributed by atoms with Crippen LogP contribution in [0.1, 0.15) is 12.5 Å². The maximum absolute atomic E-state index is 13.4. The minimum atomic E-state index is -1.10. The van der Waals surface area contributed by atoms with Crippen molar-refractivity contribution in [3.05, 3.63) is 53.6 Å². The molecule has 2 aromatic carbocycles. The number of hydrogen-bond donors (Lipinski definition) is 0. The SMILES string of the molecule is COC(=O)CN(Cc1cc(OC)cc(OC)c1)C(=O)C(C)Oc1ccc(F)c(F)c1. The Balaban J connectivity index is 2.23. The molecule has 0 aliphatic carbocycles. The molecule has 1 atom stereocenters. The fourth-order valence-electron chi connectivity index (χ4n) is 2.67. The predicted molar refractivity (Wildman–Crippen MR) is 103 cm³/mol. The van der Waals surface area contributed by atoms with Crippen molar-refractivity contribution in [2.75, 3.05) is 27.9 Å². The van der Waals surface area contributed by atoms with E-state index in [1.165, 1.54) is 39.2 Å². The van der Waals surface area contributed by atoms with Gasteiger partial charge < -0.3 is 23.8 Å². The Morgan fingerprint density at radius 2 is 1.57 bits per heavy atom. The Bertz CT molecular complexity index is 883. The lowest BCUT2D eigenvalue weighted by Crippen LogP contribution is -2.43. The number of esters is 1. The van der Waals surface area contributed by atoms with E-state index in [0.29, 0.717) is 17.1 Å². The zero-order chi connectivity index (χ0) is 22.3. The van der Waals surface area contributed by atoms with E-state index in [4.69, 9.17) is 14.2 Å². The van der Waals surface area contributed by atoms with Gasteiger partial charge in [-0.3, -0.25) is 9.59 Å². The van der Waals surface area contributed by atoms with Crippen LogP contribution in [0.15, 0.2) is 36.4 Å². The van der Waals surface area contributed by atoms with Crippen molar-refractivity contribution in [3.8, 4) is 17.2 Å². The van der Waals surface area contributed by atoms with Crippen molar-refractivity contribution >= 4 is 11.9 Å². The molecule has 0 fully saturated rings. The third kappa shape index (κ3) is 6.07. The van der Waals surface area contributed by atoms with Gasteiger partial charge in [0.15, 0.2) is 17.7 Å². The van der Waals surface area contributed by atoms with Gasteiger partial charge in [0.05, 0.1) is 21.3 Å². The van der Waals surface area contributed by atoms with Crippen LogP contribution in [0.5, 0.6) is 17.2 Å². The highest BCUT2D eigenvalue weighted by Crippen LogP contribution is 2.24. The van der Waals surface area contributed by atoms with Gasteiger partial charge in [-0.25, -0.2) is 8.78 Å². The second-order valence-corrected chi connectivity index (χ2v) is 6.33. The van der Waals surface area contributed by atoms with Crippen molar-refractivity contribution in [1.82, 2.24) is 4.90 Å². The Labute approximate surface area is 173 Å². The van der Waals surface area contributed by atoms with Crippen molar-refractivity contribution in [3.63, 3.8) is 0 Å². The summed E-state index contributed by atoms with van der Waals surface area (Å²) in [6.45, 7) is 1.15. The molecule has 30 heavy (non-hydrogen) atoms. The highest BCUT2D eigenvalue weighted by atomic mass is 19.2. The van der Waals surface area contributed by atoms with Gasteiger partial charge in [-0.15, -0.1) is 0 Å². The van der Waals surface area contributed by atoms with E-state index in [1.807, 2.05) is 0 Å². The molecule has 0 aromatic heterocycles. The molecule has 162 valence electrons. The number of carbonyl (C=O) groups is 2. The van der Waals surface area contributed by atoms with E-state index < -0.39 is 29.6 Å². The molecule has 0 spiro atoms. The topological polar surface area (TPSA) is 74.3 Å². The monoisotopic (exact) mass is 423 g/mol. The minimum Gasteiger partial charge on any atom is -0.497 e. The molecule has 0 saturated carbocycles. The van der Waals surface area contributed by atoms with Crippen LogP contribution in [0.4, 0.5) is 8.78 Å². The molecule has 2 rings (SSSR count). The molecule has 1 unspecified atom stereocenters. The third-order valence-corrected chi connectivity index (χ3v) is 4.20. The van der Waals surface area contributed by atoms with Crippen LogP contribution in [-0.2, 0) is 20.9 Å². The number of amides is 1. The lowest BCUT2D eigenvalue weighted by atomic mass is 10.1. The number of ether oxygens (including phenoxy) is 4. The van der Waals surface area contributed by atoms with Gasteiger partial charge in [-0.05, 0) is 36.8 Å². The molecule has 0 bridgehead atoms. The number of rotatable bonds is 9. The van der Waals surface area contributed by atoms with Crippen molar-refractivity contribution in [1.29, 1.82) is 0 Å². The molecule has 1 amide bonds. The number of hydrogen-bond acceptors (Lipinski definition) is 6. The smallest absolute Gasteiger partial charge is 0.325 e. The van der Waals surface area contributed by atoms with Crippen LogP contribution in [0.25, 0.3) is 0 Å². The maximum atomic E-state index is 13.4. The average Bonchev–Trinajstić information content (AvgIpc) is 2.74. The van der Waals surface area contributed by atoms with E-state index in [2.05, 4.69) is 4.74 Å². The molecule has 0 N–H and O–H groups in total. The summed E-state index contributed by atoms with van der Waals surface area (Å²) in [6, 6.07) is 8.01. The highest BCUT2D eigenvalue weighted by Gasteiger charge is 2.25. The number of nitrogens with zero attached hydrogens (tertiary/aromatic N) is 1. The molecule has 0 saturated heterocycles. The number of halogens is 2. The summed E-state index contributed by atoms with van der Waals surface area (Å²) in [5.41, 5.74) is 0.642. The summed E-state index contributed by atoms with van der Waals surface area (Å²) in [5.74, 6) is -2.29. The van der Waals surface area contributed by atoms with Crippen LogP contribution in [0.3, 0.4) is 0 Å². The van der Waals surface area contributed by atoms with Crippen LogP contribution in [0, 0.1) is 11.6 Å². The number of methoxy groups -OCH3 is 3. The van der Waals surface area contributed by atoms with Gasteiger partial charge in [0.1, 0.15) is 23.8 Å². The minimum absolute atomic E-state index is 0.0178. The molecule has 2 aromatic rings. The standard InChI is InChI=1S/C21H23F2NO6/c1-13(30-15-5-6-18(22)19(23)10-15)21(26)24(12-20(25)29-4)11-14-7-16(27-2)9-17(8-14)28-3/h5-10,13H,11-12H2,1-4H3. The van der Waals surface area contributed by atoms with Crippen LogP contribution in [-0.4, -0.2) is 50.8 Å². The van der Waals surface area contributed by atoms with E-state index in [1.54, 1.807) is 18.2 Å². The molecule has 9 heteroatoms. The molecule has 0 aliphatic heterocycles. The fraction of sp³-hybridized carbons (Fsp3) is 0.333. The summed E-state index contributed by atoms with van der Waals surface area (Å²) in [5, 5.41) is 0. The van der Waals surface area contributed by atoms with Crippen molar-refractivity contribution < 1.29 is 37.3 Å². The predicted octanol–water partition coefficient (Wildman–Crippen LogP) is 2.95. The van der Waals surface area contributed by atoms with Gasteiger partial charge in [-0.2, -0.15) is 0 Å². The van der Waals surface area contributed by atoms with Gasteiger partial charge in [0.2, 0.25) is 0 Å². The molecule has 0 radical (unpaired) electrons. The lowest BCUT2D eigenvalue weighted by molar-refractivity contribution is -0.150. The number of carbonyl (C=O) groups excluding carboxylic acids is 2. The second kappa shape index (κ2) is 10.4. The summed E-state index contributed by atoms with van der Waals surface area (Å²) in [7, 11) is 4.20. The quantitative estimate of drug-likeness (QED) is 0.578. The van der Waals surface area contributed by atoms with E-state index >= 15 is 0 Å². The largest absolute Gasteiger partial charge is 0.497 e. The maximum Gasteiger partial charge on any atom is 0.325 e. The lowest BCUT2D eigenvalue weighted by Gasteiger charge is -2.25. The van der Waals surface area contributed by atoms with Crippen molar-refractivity contribution in [2.24, 2.45) is 0 Å². The first kappa shape index (κ1) is 22.9. The summed E-state index contributed by atoms with van der Waals surface area (Å²) >= 11 is 0. The van der Waals surface area contributed by atoms with E-state index in [0.717, 1.165) is 12.1 Å². The first-order valence-corrected chi connectivity index (χ1v) is 8.96. The Hall–Kier alpha value is -3.36. The first-order chi connectivity index (χ1) is 14.3. The van der Waals surface area contributed by atoms with Gasteiger partial charge in [-0.1, -0.05) is 0 Å². The van der Waals surface area contributed by atoms with Gasteiger partial charge >= 0.3 is 5.97 Å². The average molecular weight is 423 g/mol. The van der Waals surface area contributed by atoms with Crippen LogP contribution >= 0.6 is 0 Å². The molecular formula is C21H23F2NO6. The summed E-state index contributed by atoms with van der Waals surface area (Å²) in [6.07, 6.45) is -1.08. The Morgan fingerprint density at radius 3 is 2.10 bits per heavy atom. The Morgan fingerprint density at radius 1 is 0.933 bits per heavy atom. The normalized spacial score (nSPS) is 11.4. The third-order valence-electron chi connectivity index (χ3n) is 4.20. The van der Waals surface area contributed by atoms with Crippen molar-refractivity contribution in [2.45, 2.75) is 19.6 Å². The van der Waals surface area contributed by atoms with E-state index in [-0.39, 0.29) is 18.8 Å². The molecular weight excluding hydrogens is 400 g/mol. The summed E-state index contributed by atoms with van der Waals surface area (Å²) < 4.78 is 47.0.